The van der Waals surface area contributed by atoms with E-state index in [9.17, 15) is 5.11 Å². The predicted octanol–water partition coefficient (Wildman–Crippen LogP) is 5.47. The summed E-state index contributed by atoms with van der Waals surface area (Å²) in [5.74, 6) is 0.563. The van der Waals surface area contributed by atoms with Crippen LogP contribution < -0.4 is 0 Å². The summed E-state index contributed by atoms with van der Waals surface area (Å²) in [6.45, 7) is 0.429. The Hall–Kier alpha value is -2.33. The maximum atomic E-state index is 10.9. The van der Waals surface area contributed by atoms with Gasteiger partial charge in [-0.25, -0.2) is 4.98 Å². The van der Waals surface area contributed by atoms with Gasteiger partial charge in [-0.05, 0) is 29.8 Å². The van der Waals surface area contributed by atoms with Gasteiger partial charge < -0.3 is 9.67 Å². The highest BCUT2D eigenvalue weighted by molar-refractivity contribution is 6.36. The molecule has 0 saturated heterocycles. The average Bonchev–Trinajstić information content (AvgIpc) is 3.03. The lowest BCUT2D eigenvalue weighted by Gasteiger charge is -2.16. The van der Waals surface area contributed by atoms with Gasteiger partial charge in [0.1, 0.15) is 11.9 Å². The number of aromatic nitrogens is 2. The van der Waals surface area contributed by atoms with Crippen LogP contribution in [0.1, 0.15) is 23.1 Å². The van der Waals surface area contributed by atoms with E-state index in [1.54, 1.807) is 0 Å². The molecule has 0 aliphatic carbocycles. The van der Waals surface area contributed by atoms with Gasteiger partial charge in [0.05, 0.1) is 17.6 Å². The number of benzene rings is 3. The molecule has 5 heteroatoms. The maximum Gasteiger partial charge on any atom is 0.143 e. The topological polar surface area (TPSA) is 38.1 Å². The van der Waals surface area contributed by atoms with E-state index in [-0.39, 0.29) is 0 Å². The van der Waals surface area contributed by atoms with Crippen molar-refractivity contribution in [3.8, 4) is 0 Å². The van der Waals surface area contributed by atoms with Crippen molar-refractivity contribution in [1.29, 1.82) is 0 Å². The van der Waals surface area contributed by atoms with E-state index in [1.807, 2.05) is 77.4 Å². The second kappa shape index (κ2) is 7.12. The average molecular weight is 383 g/mol. The molecule has 0 aliphatic heterocycles. The van der Waals surface area contributed by atoms with E-state index in [0.717, 1.165) is 22.2 Å². The zero-order chi connectivity index (χ0) is 18.1. The number of hydrogen-bond donors (Lipinski definition) is 1. The number of aliphatic hydroxyl groups excluding tert-OH is 1. The van der Waals surface area contributed by atoms with Gasteiger partial charge in [0.15, 0.2) is 0 Å². The molecule has 0 fully saturated rings. The zero-order valence-corrected chi connectivity index (χ0v) is 15.3. The molecule has 0 bridgehead atoms. The standard InChI is InChI=1S/C21H16Cl2N2O/c22-16-9-6-10-17(23)15(16)13-25-19-12-5-4-11-18(19)24-21(25)20(26)14-7-2-1-3-8-14/h1-12,20,26H,13H2/t20-/m1/s1. The molecule has 0 amide bonds. The van der Waals surface area contributed by atoms with E-state index in [0.29, 0.717) is 22.4 Å². The molecule has 1 heterocycles. The van der Waals surface area contributed by atoms with Crippen LogP contribution in [0, 0.1) is 0 Å². The minimum absolute atomic E-state index is 0.429. The highest BCUT2D eigenvalue weighted by Crippen LogP contribution is 2.30. The molecule has 4 rings (SSSR count). The third-order valence-electron chi connectivity index (χ3n) is 4.42. The lowest BCUT2D eigenvalue weighted by molar-refractivity contribution is 0.206. The third kappa shape index (κ3) is 3.10. The summed E-state index contributed by atoms with van der Waals surface area (Å²) < 4.78 is 1.97. The third-order valence-corrected chi connectivity index (χ3v) is 5.13. The lowest BCUT2D eigenvalue weighted by Crippen LogP contribution is -2.11. The number of para-hydroxylation sites is 2. The molecular weight excluding hydrogens is 367 g/mol. The first-order chi connectivity index (χ1) is 12.6. The summed E-state index contributed by atoms with van der Waals surface area (Å²) in [6.07, 6.45) is -0.843. The van der Waals surface area contributed by atoms with Gasteiger partial charge in [-0.1, -0.05) is 71.7 Å². The largest absolute Gasteiger partial charge is 0.380 e. The molecule has 1 N–H and O–H groups in total. The molecule has 3 aromatic carbocycles. The molecule has 1 atom stereocenters. The van der Waals surface area contributed by atoms with E-state index in [2.05, 4.69) is 4.98 Å². The van der Waals surface area contributed by atoms with Crippen LogP contribution in [0.25, 0.3) is 11.0 Å². The van der Waals surface area contributed by atoms with Crippen molar-refractivity contribution in [3.05, 3.63) is 99.8 Å². The van der Waals surface area contributed by atoms with Gasteiger partial charge in [-0.3, -0.25) is 0 Å². The number of rotatable bonds is 4. The minimum atomic E-state index is -0.843. The van der Waals surface area contributed by atoms with Crippen molar-refractivity contribution < 1.29 is 5.11 Å². The monoisotopic (exact) mass is 382 g/mol. The number of nitrogens with zero attached hydrogens (tertiary/aromatic N) is 2. The van der Waals surface area contributed by atoms with Crippen LogP contribution in [0.2, 0.25) is 10.0 Å². The summed E-state index contributed by atoms with van der Waals surface area (Å²) >= 11 is 12.7. The Morgan fingerprint density at radius 1 is 0.846 bits per heavy atom. The molecule has 1 aromatic heterocycles. The predicted molar refractivity (Wildman–Crippen MR) is 106 cm³/mol. The molecule has 0 saturated carbocycles. The van der Waals surface area contributed by atoms with E-state index >= 15 is 0 Å². The molecular formula is C21H16Cl2N2O. The molecule has 26 heavy (non-hydrogen) atoms. The van der Waals surface area contributed by atoms with Gasteiger partial charge in [0, 0.05) is 15.6 Å². The fraction of sp³-hybridized carbons (Fsp3) is 0.0952. The van der Waals surface area contributed by atoms with Crippen molar-refractivity contribution in [2.45, 2.75) is 12.6 Å². The Balaban J connectivity index is 1.87. The summed E-state index contributed by atoms with van der Waals surface area (Å²) in [6, 6.07) is 22.7. The SMILES string of the molecule is O[C@H](c1ccccc1)c1nc2ccccc2n1Cc1c(Cl)cccc1Cl. The molecule has 0 radical (unpaired) electrons. The van der Waals surface area contributed by atoms with E-state index in [4.69, 9.17) is 23.2 Å². The smallest absolute Gasteiger partial charge is 0.143 e. The number of fused-ring (bicyclic) bond motifs is 1. The minimum Gasteiger partial charge on any atom is -0.380 e. The Morgan fingerprint density at radius 3 is 2.23 bits per heavy atom. The van der Waals surface area contributed by atoms with Crippen LogP contribution in [0.4, 0.5) is 0 Å². The van der Waals surface area contributed by atoms with Crippen LogP contribution >= 0.6 is 23.2 Å². The number of halogens is 2. The van der Waals surface area contributed by atoms with Crippen molar-refractivity contribution in [2.24, 2.45) is 0 Å². The first-order valence-corrected chi connectivity index (χ1v) is 9.02. The molecule has 0 spiro atoms. The summed E-state index contributed by atoms with van der Waals surface area (Å²) in [5, 5.41) is 12.1. The molecule has 130 valence electrons. The summed E-state index contributed by atoms with van der Waals surface area (Å²) in [5.41, 5.74) is 3.34. The van der Waals surface area contributed by atoms with E-state index < -0.39 is 6.10 Å². The van der Waals surface area contributed by atoms with Crippen LogP contribution in [-0.2, 0) is 6.54 Å². The highest BCUT2D eigenvalue weighted by atomic mass is 35.5. The highest BCUT2D eigenvalue weighted by Gasteiger charge is 2.21. The number of imidazole rings is 1. The maximum absolute atomic E-state index is 10.9. The fourth-order valence-corrected chi connectivity index (χ4v) is 3.61. The van der Waals surface area contributed by atoms with Gasteiger partial charge in [0.2, 0.25) is 0 Å². The van der Waals surface area contributed by atoms with Crippen molar-refractivity contribution >= 4 is 34.2 Å². The zero-order valence-electron chi connectivity index (χ0n) is 13.8. The Morgan fingerprint density at radius 2 is 1.50 bits per heavy atom. The second-order valence-corrected chi connectivity index (χ2v) is 6.87. The molecule has 0 aliphatic rings. The Kier molecular flexibility index (Phi) is 4.68. The molecule has 3 nitrogen and oxygen atoms in total. The number of aliphatic hydroxyl groups is 1. The van der Waals surface area contributed by atoms with Crippen LogP contribution in [-0.4, -0.2) is 14.7 Å². The van der Waals surface area contributed by atoms with Crippen molar-refractivity contribution in [3.63, 3.8) is 0 Å². The first kappa shape index (κ1) is 17.1. The molecule has 4 aromatic rings. The summed E-state index contributed by atoms with van der Waals surface area (Å²) in [4.78, 5) is 4.67. The van der Waals surface area contributed by atoms with Crippen molar-refractivity contribution in [2.75, 3.05) is 0 Å². The quantitative estimate of drug-likeness (QED) is 0.507. The van der Waals surface area contributed by atoms with E-state index in [1.165, 1.54) is 0 Å². The Bertz CT molecular complexity index is 1040. The molecule has 0 unspecified atom stereocenters. The van der Waals surface area contributed by atoms with Gasteiger partial charge in [-0.15, -0.1) is 0 Å². The van der Waals surface area contributed by atoms with Gasteiger partial charge >= 0.3 is 0 Å². The van der Waals surface area contributed by atoms with Crippen molar-refractivity contribution in [1.82, 2.24) is 9.55 Å². The van der Waals surface area contributed by atoms with Gasteiger partial charge in [0.25, 0.3) is 0 Å². The van der Waals surface area contributed by atoms with Gasteiger partial charge in [-0.2, -0.15) is 0 Å². The summed E-state index contributed by atoms with van der Waals surface area (Å²) in [7, 11) is 0. The van der Waals surface area contributed by atoms with Crippen LogP contribution in [0.15, 0.2) is 72.8 Å². The first-order valence-electron chi connectivity index (χ1n) is 8.26. The van der Waals surface area contributed by atoms with Crippen LogP contribution in [0.5, 0.6) is 0 Å². The van der Waals surface area contributed by atoms with Crippen LogP contribution in [0.3, 0.4) is 0 Å². The Labute approximate surface area is 161 Å². The lowest BCUT2D eigenvalue weighted by atomic mass is 10.1. The number of hydrogen-bond acceptors (Lipinski definition) is 2. The normalized spacial score (nSPS) is 12.4. The fourth-order valence-electron chi connectivity index (χ4n) is 3.09. The second-order valence-electron chi connectivity index (χ2n) is 6.06.